The molecule has 0 spiro atoms. The Morgan fingerprint density at radius 2 is 2.10 bits per heavy atom. The van der Waals surface area contributed by atoms with Gasteiger partial charge in [-0.05, 0) is 29.8 Å². The van der Waals surface area contributed by atoms with Crippen LogP contribution in [0.3, 0.4) is 0 Å². The zero-order valence-corrected chi connectivity index (χ0v) is 11.6. The summed E-state index contributed by atoms with van der Waals surface area (Å²) in [5, 5.41) is 3.50. The second-order valence-corrected chi connectivity index (χ2v) is 4.53. The first kappa shape index (κ1) is 14.1. The van der Waals surface area contributed by atoms with Crippen LogP contribution in [0.25, 0.3) is 0 Å². The van der Waals surface area contributed by atoms with Crippen molar-refractivity contribution in [2.75, 3.05) is 18.2 Å². The molecule has 1 aromatic heterocycles. The third kappa shape index (κ3) is 3.19. The Kier molecular flexibility index (Phi) is 4.42. The molecular weight excluding hydrogens is 278 g/mol. The number of benzene rings is 1. The zero-order chi connectivity index (χ0) is 14.5. The second kappa shape index (κ2) is 6.25. The predicted octanol–water partition coefficient (Wildman–Crippen LogP) is 2.72. The van der Waals surface area contributed by atoms with E-state index in [4.69, 9.17) is 22.1 Å². The van der Waals surface area contributed by atoms with Crippen LogP contribution < -0.4 is 11.1 Å². The SMILES string of the molecule is COC(=O)c1cc(N)cc(Cl)c1NCc1ccncc1. The van der Waals surface area contributed by atoms with Gasteiger partial charge in [0.05, 0.1) is 23.4 Å². The average Bonchev–Trinajstić information content (AvgIpc) is 2.46. The molecule has 0 radical (unpaired) electrons. The maximum absolute atomic E-state index is 11.8. The Morgan fingerprint density at radius 3 is 2.75 bits per heavy atom. The summed E-state index contributed by atoms with van der Waals surface area (Å²) in [4.78, 5) is 15.7. The standard InChI is InChI=1S/C14H14ClN3O2/c1-20-14(19)11-6-10(16)7-12(15)13(11)18-8-9-2-4-17-5-3-9/h2-7,18H,8,16H2,1H3. The fourth-order valence-corrected chi connectivity index (χ4v) is 2.06. The van der Waals surface area contributed by atoms with Crippen molar-refractivity contribution in [1.82, 2.24) is 4.98 Å². The number of anilines is 2. The van der Waals surface area contributed by atoms with E-state index in [0.29, 0.717) is 28.5 Å². The van der Waals surface area contributed by atoms with E-state index in [-0.39, 0.29) is 0 Å². The minimum Gasteiger partial charge on any atom is -0.465 e. The van der Waals surface area contributed by atoms with Gasteiger partial charge in [-0.1, -0.05) is 11.6 Å². The first-order chi connectivity index (χ1) is 9.61. The van der Waals surface area contributed by atoms with E-state index in [2.05, 4.69) is 10.3 Å². The lowest BCUT2D eigenvalue weighted by atomic mass is 10.1. The highest BCUT2D eigenvalue weighted by atomic mass is 35.5. The Hall–Kier alpha value is -2.27. The van der Waals surface area contributed by atoms with E-state index in [1.54, 1.807) is 18.5 Å². The molecule has 0 amide bonds. The van der Waals surface area contributed by atoms with Gasteiger partial charge in [0, 0.05) is 24.6 Å². The summed E-state index contributed by atoms with van der Waals surface area (Å²) in [7, 11) is 1.31. The molecule has 0 aliphatic rings. The molecule has 1 aromatic carbocycles. The summed E-state index contributed by atoms with van der Waals surface area (Å²) in [6.45, 7) is 0.510. The van der Waals surface area contributed by atoms with Crippen molar-refractivity contribution in [3.8, 4) is 0 Å². The fraction of sp³-hybridized carbons (Fsp3) is 0.143. The Balaban J connectivity index is 2.28. The quantitative estimate of drug-likeness (QED) is 0.669. The number of carbonyl (C=O) groups is 1. The van der Waals surface area contributed by atoms with Crippen molar-refractivity contribution >= 4 is 28.9 Å². The number of nitrogens with two attached hydrogens (primary N) is 1. The molecule has 6 heteroatoms. The number of aromatic nitrogens is 1. The zero-order valence-electron chi connectivity index (χ0n) is 10.9. The van der Waals surface area contributed by atoms with Crippen LogP contribution in [0.1, 0.15) is 15.9 Å². The van der Waals surface area contributed by atoms with Gasteiger partial charge >= 0.3 is 5.97 Å². The number of hydrogen-bond acceptors (Lipinski definition) is 5. The van der Waals surface area contributed by atoms with E-state index in [9.17, 15) is 4.79 Å². The van der Waals surface area contributed by atoms with Gasteiger partial charge in [-0.15, -0.1) is 0 Å². The summed E-state index contributed by atoms with van der Waals surface area (Å²) in [6.07, 6.45) is 3.39. The van der Waals surface area contributed by atoms with E-state index in [0.717, 1.165) is 5.56 Å². The predicted molar refractivity (Wildman–Crippen MR) is 78.8 cm³/mol. The van der Waals surface area contributed by atoms with Crippen LogP contribution >= 0.6 is 11.6 Å². The number of nitrogen functional groups attached to an aromatic ring is 1. The summed E-state index contributed by atoms with van der Waals surface area (Å²) in [5.74, 6) is -0.489. The molecule has 0 bridgehead atoms. The van der Waals surface area contributed by atoms with E-state index >= 15 is 0 Å². The van der Waals surface area contributed by atoms with Gasteiger partial charge in [0.15, 0.2) is 0 Å². The van der Waals surface area contributed by atoms with Gasteiger partial charge in [-0.25, -0.2) is 4.79 Å². The van der Waals surface area contributed by atoms with Crippen LogP contribution in [0.5, 0.6) is 0 Å². The van der Waals surface area contributed by atoms with E-state index in [1.807, 2.05) is 12.1 Å². The number of pyridine rings is 1. The molecule has 0 atom stereocenters. The monoisotopic (exact) mass is 291 g/mol. The van der Waals surface area contributed by atoms with Crippen molar-refractivity contribution in [3.63, 3.8) is 0 Å². The van der Waals surface area contributed by atoms with Gasteiger partial charge in [0.1, 0.15) is 0 Å². The fourth-order valence-electron chi connectivity index (χ4n) is 1.77. The lowest BCUT2D eigenvalue weighted by molar-refractivity contribution is 0.0602. The minimum absolute atomic E-state index is 0.312. The Morgan fingerprint density at radius 1 is 1.40 bits per heavy atom. The average molecular weight is 292 g/mol. The number of rotatable bonds is 4. The molecule has 5 nitrogen and oxygen atoms in total. The highest BCUT2D eigenvalue weighted by molar-refractivity contribution is 6.34. The molecule has 20 heavy (non-hydrogen) atoms. The van der Waals surface area contributed by atoms with Crippen molar-refractivity contribution in [1.29, 1.82) is 0 Å². The molecule has 0 aliphatic heterocycles. The molecular formula is C14H14ClN3O2. The van der Waals surface area contributed by atoms with Crippen molar-refractivity contribution in [2.24, 2.45) is 0 Å². The number of ether oxygens (including phenoxy) is 1. The molecule has 0 saturated heterocycles. The molecule has 0 saturated carbocycles. The van der Waals surface area contributed by atoms with Crippen LogP contribution in [0.4, 0.5) is 11.4 Å². The number of carbonyl (C=O) groups excluding carboxylic acids is 1. The first-order valence-corrected chi connectivity index (χ1v) is 6.29. The van der Waals surface area contributed by atoms with Crippen LogP contribution in [0.2, 0.25) is 5.02 Å². The number of nitrogens with zero attached hydrogens (tertiary/aromatic N) is 1. The molecule has 3 N–H and O–H groups in total. The summed E-state index contributed by atoms with van der Waals surface area (Å²) in [5.41, 5.74) is 7.94. The minimum atomic E-state index is -0.489. The van der Waals surface area contributed by atoms with Crippen LogP contribution in [-0.2, 0) is 11.3 Å². The maximum atomic E-state index is 11.8. The molecule has 1 heterocycles. The van der Waals surface area contributed by atoms with E-state index in [1.165, 1.54) is 13.2 Å². The Bertz CT molecular complexity index is 617. The number of nitrogens with one attached hydrogen (secondary N) is 1. The maximum Gasteiger partial charge on any atom is 0.340 e. The number of hydrogen-bond donors (Lipinski definition) is 2. The van der Waals surface area contributed by atoms with Crippen LogP contribution in [0.15, 0.2) is 36.7 Å². The lowest BCUT2D eigenvalue weighted by Gasteiger charge is -2.13. The van der Waals surface area contributed by atoms with Gasteiger partial charge in [0.2, 0.25) is 0 Å². The van der Waals surface area contributed by atoms with Crippen molar-refractivity contribution in [2.45, 2.75) is 6.54 Å². The van der Waals surface area contributed by atoms with Gasteiger partial charge in [-0.2, -0.15) is 0 Å². The summed E-state index contributed by atoms with van der Waals surface area (Å²) in [6, 6.07) is 6.86. The topological polar surface area (TPSA) is 77.2 Å². The second-order valence-electron chi connectivity index (χ2n) is 4.13. The first-order valence-electron chi connectivity index (χ1n) is 5.92. The van der Waals surface area contributed by atoms with Crippen molar-refractivity contribution in [3.05, 3.63) is 52.8 Å². The number of esters is 1. The normalized spacial score (nSPS) is 10.1. The molecule has 0 fully saturated rings. The van der Waals surface area contributed by atoms with Gasteiger partial charge in [0.25, 0.3) is 0 Å². The number of methoxy groups -OCH3 is 1. The van der Waals surface area contributed by atoms with Gasteiger partial charge < -0.3 is 15.8 Å². The third-order valence-electron chi connectivity index (χ3n) is 2.74. The largest absolute Gasteiger partial charge is 0.465 e. The van der Waals surface area contributed by atoms with Crippen LogP contribution in [0, 0.1) is 0 Å². The smallest absolute Gasteiger partial charge is 0.340 e. The van der Waals surface area contributed by atoms with Gasteiger partial charge in [-0.3, -0.25) is 4.98 Å². The highest BCUT2D eigenvalue weighted by Crippen LogP contribution is 2.30. The highest BCUT2D eigenvalue weighted by Gasteiger charge is 2.16. The lowest BCUT2D eigenvalue weighted by Crippen LogP contribution is -2.09. The Labute approximate surface area is 121 Å². The molecule has 0 unspecified atom stereocenters. The van der Waals surface area contributed by atoms with Crippen LogP contribution in [-0.4, -0.2) is 18.1 Å². The molecule has 104 valence electrons. The molecule has 0 aliphatic carbocycles. The number of halogens is 1. The summed E-state index contributed by atoms with van der Waals surface area (Å²) < 4.78 is 4.74. The van der Waals surface area contributed by atoms with E-state index < -0.39 is 5.97 Å². The molecule has 2 rings (SSSR count). The van der Waals surface area contributed by atoms with Crippen molar-refractivity contribution < 1.29 is 9.53 Å². The summed E-state index contributed by atoms with van der Waals surface area (Å²) >= 11 is 6.14. The third-order valence-corrected chi connectivity index (χ3v) is 3.03. The molecule has 2 aromatic rings.